The lowest BCUT2D eigenvalue weighted by Gasteiger charge is -2.41. The first-order valence-corrected chi connectivity index (χ1v) is 7.14. The highest BCUT2D eigenvalue weighted by molar-refractivity contribution is 5.86. The second-order valence-electron chi connectivity index (χ2n) is 5.32. The second kappa shape index (κ2) is 6.15. The lowest BCUT2D eigenvalue weighted by molar-refractivity contribution is -0.272. The minimum Gasteiger partial charge on any atom is -0.464 e. The van der Waals surface area contributed by atoms with Crippen molar-refractivity contribution in [1.82, 2.24) is 9.55 Å². The molecule has 2 unspecified atom stereocenters. The summed E-state index contributed by atoms with van der Waals surface area (Å²) in [6, 6.07) is -0.217. The molecule has 120 valence electrons. The van der Waals surface area contributed by atoms with E-state index in [0.29, 0.717) is 19.6 Å². The second-order valence-corrected chi connectivity index (χ2v) is 5.32. The number of ether oxygens (including phenoxy) is 4. The Kier molecular flexibility index (Phi) is 4.23. The van der Waals surface area contributed by atoms with Crippen LogP contribution in [-0.2, 0) is 18.9 Å². The van der Waals surface area contributed by atoms with E-state index in [1.807, 2.05) is 6.92 Å². The molecule has 0 N–H and O–H groups in total. The van der Waals surface area contributed by atoms with E-state index >= 15 is 0 Å². The number of hydrogen-bond acceptors (Lipinski definition) is 7. The summed E-state index contributed by atoms with van der Waals surface area (Å²) in [6.07, 6.45) is 3.03. The van der Waals surface area contributed by atoms with Gasteiger partial charge < -0.3 is 23.5 Å². The molecule has 8 nitrogen and oxygen atoms in total. The van der Waals surface area contributed by atoms with Gasteiger partial charge >= 0.3 is 5.97 Å². The maximum absolute atomic E-state index is 12.4. The highest BCUT2D eigenvalue weighted by Crippen LogP contribution is 2.29. The van der Waals surface area contributed by atoms with E-state index in [2.05, 4.69) is 9.72 Å². The lowest BCUT2D eigenvalue weighted by atomic mass is 10.0. The number of rotatable bonds is 2. The van der Waals surface area contributed by atoms with Crippen molar-refractivity contribution in [2.75, 3.05) is 20.3 Å². The maximum Gasteiger partial charge on any atom is 0.362 e. The van der Waals surface area contributed by atoms with Crippen LogP contribution in [0, 0.1) is 0 Å². The number of fused-ring (bicyclic) bond motifs is 1. The molecule has 3 rings (SSSR count). The molecular weight excluding hydrogens is 292 g/mol. The number of esters is 1. The molecule has 1 aromatic heterocycles. The third-order valence-corrected chi connectivity index (χ3v) is 3.92. The molecule has 0 saturated carbocycles. The van der Waals surface area contributed by atoms with Crippen molar-refractivity contribution in [1.29, 1.82) is 0 Å². The SMILES string of the molecule is COC(=O)c1nccn(C2CO[C@H]3COC(C)O[C@@H]3C2)c1=O. The fourth-order valence-electron chi connectivity index (χ4n) is 2.79. The number of aromatic nitrogens is 2. The average Bonchev–Trinajstić information content (AvgIpc) is 2.53. The first-order valence-electron chi connectivity index (χ1n) is 7.14. The van der Waals surface area contributed by atoms with Crippen molar-refractivity contribution in [3.8, 4) is 0 Å². The van der Waals surface area contributed by atoms with Gasteiger partial charge in [0, 0.05) is 12.4 Å². The Morgan fingerprint density at radius 2 is 2.18 bits per heavy atom. The van der Waals surface area contributed by atoms with Gasteiger partial charge in [-0.25, -0.2) is 9.78 Å². The van der Waals surface area contributed by atoms with Crippen molar-refractivity contribution in [3.05, 3.63) is 28.4 Å². The molecule has 8 heteroatoms. The van der Waals surface area contributed by atoms with Crippen LogP contribution in [0.3, 0.4) is 0 Å². The predicted molar refractivity (Wildman–Crippen MR) is 73.5 cm³/mol. The summed E-state index contributed by atoms with van der Waals surface area (Å²) in [5.74, 6) is -0.745. The molecule has 3 heterocycles. The molecule has 22 heavy (non-hydrogen) atoms. The maximum atomic E-state index is 12.4. The molecule has 0 amide bonds. The van der Waals surface area contributed by atoms with Gasteiger partial charge in [-0.15, -0.1) is 0 Å². The van der Waals surface area contributed by atoms with Crippen molar-refractivity contribution in [2.24, 2.45) is 0 Å². The van der Waals surface area contributed by atoms with Crippen LogP contribution in [0.4, 0.5) is 0 Å². The van der Waals surface area contributed by atoms with Crippen molar-refractivity contribution in [2.45, 2.75) is 37.9 Å². The largest absolute Gasteiger partial charge is 0.464 e. The third kappa shape index (κ3) is 2.77. The molecule has 2 aliphatic heterocycles. The molecule has 0 bridgehead atoms. The van der Waals surface area contributed by atoms with Gasteiger partial charge in [-0.1, -0.05) is 0 Å². The van der Waals surface area contributed by atoms with E-state index in [-0.39, 0.29) is 30.2 Å². The van der Waals surface area contributed by atoms with Crippen LogP contribution in [0.15, 0.2) is 17.2 Å². The van der Waals surface area contributed by atoms with Crippen molar-refractivity contribution in [3.63, 3.8) is 0 Å². The number of carbonyl (C=O) groups is 1. The highest BCUT2D eigenvalue weighted by atomic mass is 16.7. The Balaban J connectivity index is 1.83. The minimum atomic E-state index is -0.745. The molecule has 2 saturated heterocycles. The fourth-order valence-corrected chi connectivity index (χ4v) is 2.79. The first-order chi connectivity index (χ1) is 10.6. The molecule has 0 radical (unpaired) electrons. The smallest absolute Gasteiger partial charge is 0.362 e. The average molecular weight is 310 g/mol. The number of carbonyl (C=O) groups excluding carboxylic acids is 1. The van der Waals surface area contributed by atoms with Gasteiger partial charge in [-0.05, 0) is 13.3 Å². The van der Waals surface area contributed by atoms with E-state index in [0.717, 1.165) is 0 Å². The zero-order valence-electron chi connectivity index (χ0n) is 12.4. The summed E-state index contributed by atoms with van der Waals surface area (Å²) in [5.41, 5.74) is -0.713. The van der Waals surface area contributed by atoms with Crippen molar-refractivity contribution < 1.29 is 23.7 Å². The Hall–Kier alpha value is -1.77. The van der Waals surface area contributed by atoms with Gasteiger partial charge in [0.15, 0.2) is 6.29 Å². The monoisotopic (exact) mass is 310 g/mol. The normalized spacial score (nSPS) is 31.4. The Morgan fingerprint density at radius 3 is 2.95 bits per heavy atom. The zero-order chi connectivity index (χ0) is 15.7. The van der Waals surface area contributed by atoms with Gasteiger partial charge in [-0.3, -0.25) is 4.79 Å². The molecular formula is C14H18N2O6. The summed E-state index contributed by atoms with van der Waals surface area (Å²) in [7, 11) is 1.21. The van der Waals surface area contributed by atoms with Crippen molar-refractivity contribution >= 4 is 5.97 Å². The van der Waals surface area contributed by atoms with Crippen LogP contribution in [0.5, 0.6) is 0 Å². The first kappa shape index (κ1) is 15.1. The van der Waals surface area contributed by atoms with E-state index < -0.39 is 11.5 Å². The van der Waals surface area contributed by atoms with Gasteiger partial charge in [0.05, 0.1) is 32.5 Å². The van der Waals surface area contributed by atoms with Gasteiger partial charge in [-0.2, -0.15) is 0 Å². The zero-order valence-corrected chi connectivity index (χ0v) is 12.4. The van der Waals surface area contributed by atoms with E-state index in [9.17, 15) is 9.59 Å². The number of methoxy groups -OCH3 is 1. The summed E-state index contributed by atoms with van der Waals surface area (Å²) in [5, 5.41) is 0. The quantitative estimate of drug-likeness (QED) is 0.717. The van der Waals surface area contributed by atoms with Gasteiger partial charge in [0.2, 0.25) is 5.69 Å². The van der Waals surface area contributed by atoms with E-state index in [4.69, 9.17) is 14.2 Å². The molecule has 0 spiro atoms. The van der Waals surface area contributed by atoms with Crippen LogP contribution in [0.2, 0.25) is 0 Å². The van der Waals surface area contributed by atoms with Gasteiger partial charge in [0.25, 0.3) is 5.56 Å². The summed E-state index contributed by atoms with van der Waals surface area (Å²) >= 11 is 0. The van der Waals surface area contributed by atoms with E-state index in [1.165, 1.54) is 17.9 Å². The number of nitrogens with zero attached hydrogens (tertiary/aromatic N) is 2. The highest BCUT2D eigenvalue weighted by Gasteiger charge is 2.38. The molecule has 0 aromatic carbocycles. The summed E-state index contributed by atoms with van der Waals surface area (Å²) in [6.45, 7) is 2.66. The van der Waals surface area contributed by atoms with Crippen LogP contribution >= 0.6 is 0 Å². The van der Waals surface area contributed by atoms with Crippen LogP contribution in [0.25, 0.3) is 0 Å². The van der Waals surface area contributed by atoms with E-state index in [1.54, 1.807) is 6.20 Å². The van der Waals surface area contributed by atoms with Crippen LogP contribution in [-0.4, -0.2) is 54.3 Å². The molecule has 4 atom stereocenters. The predicted octanol–water partition coefficient (Wildman–Crippen LogP) is 0.121. The molecule has 2 aliphatic rings. The third-order valence-electron chi connectivity index (χ3n) is 3.92. The van der Waals surface area contributed by atoms with Crippen LogP contribution < -0.4 is 5.56 Å². The Labute approximate surface area is 126 Å². The minimum absolute atomic E-state index is 0.120. The Bertz CT molecular complexity index is 616. The van der Waals surface area contributed by atoms with Crippen LogP contribution in [0.1, 0.15) is 29.9 Å². The molecule has 1 aromatic rings. The summed E-state index contributed by atoms with van der Waals surface area (Å²) in [4.78, 5) is 27.7. The van der Waals surface area contributed by atoms with Gasteiger partial charge in [0.1, 0.15) is 6.10 Å². The summed E-state index contributed by atoms with van der Waals surface area (Å²) < 4.78 is 22.9. The lowest BCUT2D eigenvalue weighted by Crippen LogP contribution is -2.50. The fraction of sp³-hybridized carbons (Fsp3) is 0.643. The molecule has 2 fully saturated rings. The Morgan fingerprint density at radius 1 is 1.36 bits per heavy atom. The topological polar surface area (TPSA) is 88.9 Å². The molecule has 0 aliphatic carbocycles. The standard InChI is InChI=1S/C14H18N2O6/c1-8-20-7-11-10(22-8)5-9(6-21-11)16-4-3-15-12(13(16)17)14(18)19-2/h3-4,8-11H,5-7H2,1-2H3/t8?,9?,10-,11+/m1/s1. The number of hydrogen-bond donors (Lipinski definition) is 0.